The quantitative estimate of drug-likeness (QED) is 0.759. The topological polar surface area (TPSA) is 12.0 Å². The Hall–Kier alpha value is -0.600. The van der Waals surface area contributed by atoms with Crippen LogP contribution < -0.4 is 5.32 Å². The normalized spacial score (nSPS) is 11.8. The number of rotatable bonds is 6. The Morgan fingerprint density at radius 2 is 1.94 bits per heavy atom. The maximum atomic E-state index is 13.2. The van der Waals surface area contributed by atoms with Crippen LogP contribution >= 0.6 is 11.6 Å². The van der Waals surface area contributed by atoms with Gasteiger partial charge in [0.05, 0.1) is 0 Å². The minimum atomic E-state index is -0.183. The molecule has 0 amide bonds. The van der Waals surface area contributed by atoms with Gasteiger partial charge in [0.1, 0.15) is 5.82 Å². The second kappa shape index (κ2) is 6.36. The van der Waals surface area contributed by atoms with Gasteiger partial charge in [0.25, 0.3) is 0 Å². The SMILES string of the molecule is CCC(CC)(CCl)NCc1cc(F)ccc1C. The molecular formula is C14H21ClFN. The van der Waals surface area contributed by atoms with Gasteiger partial charge >= 0.3 is 0 Å². The standard InChI is InChI=1S/C14H21ClFN/c1-4-14(5-2,10-15)17-9-12-8-13(16)7-6-11(12)3/h6-8,17H,4-5,9-10H2,1-3H3. The third-order valence-corrected chi connectivity index (χ3v) is 4.09. The molecule has 0 unspecified atom stereocenters. The number of alkyl halides is 1. The first-order chi connectivity index (χ1) is 8.06. The minimum absolute atomic E-state index is 0.0414. The van der Waals surface area contributed by atoms with E-state index in [-0.39, 0.29) is 11.4 Å². The summed E-state index contributed by atoms with van der Waals surface area (Å²) in [5.74, 6) is 0.394. The van der Waals surface area contributed by atoms with E-state index in [1.165, 1.54) is 6.07 Å². The van der Waals surface area contributed by atoms with Gasteiger partial charge in [0.2, 0.25) is 0 Å². The van der Waals surface area contributed by atoms with Crippen molar-refractivity contribution in [2.24, 2.45) is 0 Å². The summed E-state index contributed by atoms with van der Waals surface area (Å²) in [5, 5.41) is 3.47. The van der Waals surface area contributed by atoms with Crippen molar-refractivity contribution in [3.63, 3.8) is 0 Å². The van der Waals surface area contributed by atoms with Crippen molar-refractivity contribution >= 4 is 11.6 Å². The maximum Gasteiger partial charge on any atom is 0.123 e. The zero-order valence-electron chi connectivity index (χ0n) is 10.8. The molecular weight excluding hydrogens is 237 g/mol. The number of aryl methyl sites for hydroxylation is 1. The summed E-state index contributed by atoms with van der Waals surface area (Å²) in [6, 6.07) is 4.90. The molecule has 0 aliphatic rings. The second-order valence-electron chi connectivity index (χ2n) is 4.55. The Morgan fingerprint density at radius 1 is 1.29 bits per heavy atom. The van der Waals surface area contributed by atoms with Gasteiger partial charge in [-0.3, -0.25) is 0 Å². The summed E-state index contributed by atoms with van der Waals surface area (Å²) < 4.78 is 13.2. The highest BCUT2D eigenvalue weighted by molar-refractivity contribution is 6.18. The molecule has 0 heterocycles. The molecule has 0 atom stereocenters. The fourth-order valence-corrected chi connectivity index (χ4v) is 2.32. The fraction of sp³-hybridized carbons (Fsp3) is 0.571. The van der Waals surface area contributed by atoms with Crippen molar-refractivity contribution in [2.45, 2.75) is 45.7 Å². The molecule has 0 bridgehead atoms. The summed E-state index contributed by atoms with van der Waals surface area (Å²) in [5.41, 5.74) is 2.07. The van der Waals surface area contributed by atoms with Gasteiger partial charge < -0.3 is 5.32 Å². The van der Waals surface area contributed by atoms with Crippen molar-refractivity contribution in [1.82, 2.24) is 5.32 Å². The van der Waals surface area contributed by atoms with Crippen LogP contribution in [0.5, 0.6) is 0 Å². The van der Waals surface area contributed by atoms with Crippen LogP contribution in [-0.2, 0) is 6.54 Å². The lowest BCUT2D eigenvalue weighted by Crippen LogP contribution is -2.45. The van der Waals surface area contributed by atoms with Gasteiger partial charge in [0, 0.05) is 18.0 Å². The molecule has 1 aromatic rings. The molecule has 3 heteroatoms. The minimum Gasteiger partial charge on any atom is -0.306 e. The zero-order valence-corrected chi connectivity index (χ0v) is 11.6. The van der Waals surface area contributed by atoms with Gasteiger partial charge in [0.15, 0.2) is 0 Å². The predicted molar refractivity (Wildman–Crippen MR) is 72.0 cm³/mol. The van der Waals surface area contributed by atoms with Gasteiger partial charge in [-0.15, -0.1) is 11.6 Å². The molecule has 17 heavy (non-hydrogen) atoms. The Morgan fingerprint density at radius 3 is 2.47 bits per heavy atom. The Bertz CT molecular complexity index is 353. The smallest absolute Gasteiger partial charge is 0.123 e. The van der Waals surface area contributed by atoms with Gasteiger partial charge in [-0.25, -0.2) is 4.39 Å². The van der Waals surface area contributed by atoms with Crippen LogP contribution in [-0.4, -0.2) is 11.4 Å². The molecule has 0 fully saturated rings. The molecule has 1 rings (SSSR count). The highest BCUT2D eigenvalue weighted by Crippen LogP contribution is 2.19. The first kappa shape index (κ1) is 14.5. The molecule has 1 N–H and O–H groups in total. The van der Waals surface area contributed by atoms with E-state index >= 15 is 0 Å². The van der Waals surface area contributed by atoms with E-state index in [9.17, 15) is 4.39 Å². The average Bonchev–Trinajstić information content (AvgIpc) is 2.35. The van der Waals surface area contributed by atoms with Crippen molar-refractivity contribution in [1.29, 1.82) is 0 Å². The molecule has 1 aromatic carbocycles. The lowest BCUT2D eigenvalue weighted by molar-refractivity contribution is 0.334. The van der Waals surface area contributed by atoms with Crippen molar-refractivity contribution in [2.75, 3.05) is 5.88 Å². The number of benzene rings is 1. The Labute approximate surface area is 108 Å². The summed E-state index contributed by atoms with van der Waals surface area (Å²) >= 11 is 6.03. The van der Waals surface area contributed by atoms with Crippen LogP contribution in [0.25, 0.3) is 0 Å². The third kappa shape index (κ3) is 3.68. The van der Waals surface area contributed by atoms with E-state index in [1.54, 1.807) is 6.07 Å². The largest absolute Gasteiger partial charge is 0.306 e. The first-order valence-electron chi connectivity index (χ1n) is 6.13. The molecule has 0 radical (unpaired) electrons. The van der Waals surface area contributed by atoms with Crippen molar-refractivity contribution in [3.8, 4) is 0 Å². The lowest BCUT2D eigenvalue weighted by atomic mass is 9.94. The van der Waals surface area contributed by atoms with Gasteiger partial charge in [-0.05, 0) is 43.0 Å². The monoisotopic (exact) mass is 257 g/mol. The summed E-state index contributed by atoms with van der Waals surface area (Å²) in [4.78, 5) is 0. The highest BCUT2D eigenvalue weighted by Gasteiger charge is 2.24. The highest BCUT2D eigenvalue weighted by atomic mass is 35.5. The van der Waals surface area contributed by atoms with Gasteiger partial charge in [-0.2, -0.15) is 0 Å². The number of nitrogens with one attached hydrogen (secondary N) is 1. The third-order valence-electron chi connectivity index (χ3n) is 3.57. The second-order valence-corrected chi connectivity index (χ2v) is 4.81. The Balaban J connectivity index is 2.75. The van der Waals surface area contributed by atoms with E-state index in [2.05, 4.69) is 19.2 Å². The van der Waals surface area contributed by atoms with E-state index in [1.807, 2.05) is 13.0 Å². The molecule has 0 saturated carbocycles. The van der Waals surface area contributed by atoms with Crippen LogP contribution in [0.2, 0.25) is 0 Å². The van der Waals surface area contributed by atoms with Crippen LogP contribution in [0.15, 0.2) is 18.2 Å². The summed E-state index contributed by atoms with van der Waals surface area (Å²) in [7, 11) is 0. The van der Waals surface area contributed by atoms with Gasteiger partial charge in [-0.1, -0.05) is 19.9 Å². The summed E-state index contributed by atoms with van der Waals surface area (Å²) in [6.07, 6.45) is 1.95. The zero-order chi connectivity index (χ0) is 12.9. The van der Waals surface area contributed by atoms with E-state index < -0.39 is 0 Å². The average molecular weight is 258 g/mol. The molecule has 0 aromatic heterocycles. The van der Waals surface area contributed by atoms with E-state index in [0.717, 1.165) is 24.0 Å². The molecule has 0 aliphatic carbocycles. The molecule has 0 saturated heterocycles. The molecule has 0 spiro atoms. The Kier molecular flexibility index (Phi) is 5.41. The maximum absolute atomic E-state index is 13.2. The molecule has 1 nitrogen and oxygen atoms in total. The van der Waals surface area contributed by atoms with E-state index in [4.69, 9.17) is 11.6 Å². The molecule has 96 valence electrons. The van der Waals surface area contributed by atoms with E-state index in [0.29, 0.717) is 12.4 Å². The van der Waals surface area contributed by atoms with Crippen molar-refractivity contribution < 1.29 is 4.39 Å². The van der Waals surface area contributed by atoms with Crippen LogP contribution in [0.3, 0.4) is 0 Å². The molecule has 0 aliphatic heterocycles. The number of hydrogen-bond acceptors (Lipinski definition) is 1. The van der Waals surface area contributed by atoms with Crippen molar-refractivity contribution in [3.05, 3.63) is 35.1 Å². The van der Waals surface area contributed by atoms with Crippen LogP contribution in [0, 0.1) is 12.7 Å². The predicted octanol–water partition coefficient (Wildman–Crippen LogP) is 4.02. The first-order valence-corrected chi connectivity index (χ1v) is 6.66. The lowest BCUT2D eigenvalue weighted by Gasteiger charge is -2.31. The summed E-state index contributed by atoms with van der Waals surface area (Å²) in [6.45, 7) is 6.91. The fourth-order valence-electron chi connectivity index (χ4n) is 1.85. The van der Waals surface area contributed by atoms with Crippen LogP contribution in [0.1, 0.15) is 37.8 Å². The number of halogens is 2. The number of hydrogen-bond donors (Lipinski definition) is 1. The van der Waals surface area contributed by atoms with Crippen LogP contribution in [0.4, 0.5) is 4.39 Å².